The van der Waals surface area contributed by atoms with Crippen LogP contribution in [0.4, 0.5) is 26.8 Å². The summed E-state index contributed by atoms with van der Waals surface area (Å²) in [6.45, 7) is 11.9. The minimum Gasteiger partial charge on any atom is -0.489 e. The van der Waals surface area contributed by atoms with Crippen molar-refractivity contribution in [2.45, 2.75) is 84.0 Å². The van der Waals surface area contributed by atoms with E-state index in [0.717, 1.165) is 43.5 Å². The highest BCUT2D eigenvalue weighted by molar-refractivity contribution is 7.98. The second-order valence-corrected chi connectivity index (χ2v) is 14.9. The Morgan fingerprint density at radius 1 is 1.16 bits per heavy atom. The lowest BCUT2D eigenvalue weighted by atomic mass is 10.1. The summed E-state index contributed by atoms with van der Waals surface area (Å²) in [5.41, 5.74) is 0.256. The minimum atomic E-state index is -4.10. The molecule has 1 aromatic heterocycles. The van der Waals surface area contributed by atoms with Crippen molar-refractivity contribution in [2.75, 3.05) is 41.2 Å². The summed E-state index contributed by atoms with van der Waals surface area (Å²) in [6.07, 6.45) is 4.35. The van der Waals surface area contributed by atoms with E-state index in [1.165, 1.54) is 17.8 Å². The molecule has 0 unspecified atom stereocenters. The van der Waals surface area contributed by atoms with Crippen LogP contribution in [0.1, 0.15) is 67.2 Å². The number of carbonyl (C=O) groups is 3. The van der Waals surface area contributed by atoms with E-state index < -0.39 is 44.2 Å². The minimum absolute atomic E-state index is 0.00962. The second kappa shape index (κ2) is 19.2. The molecule has 4 rings (SSSR count). The molecule has 2 heterocycles. The van der Waals surface area contributed by atoms with Crippen molar-refractivity contribution in [3.63, 3.8) is 0 Å². The van der Waals surface area contributed by atoms with E-state index >= 15 is 0 Å². The van der Waals surface area contributed by atoms with E-state index in [1.807, 2.05) is 13.2 Å². The predicted octanol–water partition coefficient (Wildman–Crippen LogP) is 5.61. The maximum absolute atomic E-state index is 14.3. The van der Waals surface area contributed by atoms with Gasteiger partial charge in [0.05, 0.1) is 29.6 Å². The maximum Gasteiger partial charge on any atom is 0.427 e. The van der Waals surface area contributed by atoms with E-state index in [4.69, 9.17) is 36.0 Å². The number of ether oxygens (including phenoxy) is 2. The van der Waals surface area contributed by atoms with E-state index in [0.29, 0.717) is 22.4 Å². The Morgan fingerprint density at radius 3 is 2.28 bits per heavy atom. The quantitative estimate of drug-likeness (QED) is 0.0929. The van der Waals surface area contributed by atoms with Crippen molar-refractivity contribution in [2.24, 2.45) is 0 Å². The molecule has 1 saturated carbocycles. The molecular formula is C30H44ClFN7O9PS. The van der Waals surface area contributed by atoms with E-state index in [9.17, 15) is 23.3 Å². The van der Waals surface area contributed by atoms with Crippen molar-refractivity contribution in [1.29, 1.82) is 0 Å². The summed E-state index contributed by atoms with van der Waals surface area (Å²) in [5, 5.41) is 17.2. The average Bonchev–Trinajstić information content (AvgIpc) is 3.60. The molecule has 2 fully saturated rings. The van der Waals surface area contributed by atoms with Crippen LogP contribution in [0.2, 0.25) is 5.02 Å². The van der Waals surface area contributed by atoms with Gasteiger partial charge in [0, 0.05) is 18.2 Å². The summed E-state index contributed by atoms with van der Waals surface area (Å²) >= 11 is 7.55. The first-order valence-corrected chi connectivity index (χ1v) is 18.8. The number of thioether (sulfide) groups is 1. The van der Waals surface area contributed by atoms with E-state index in [2.05, 4.69) is 51.7 Å². The average molecular weight is 764 g/mol. The Balaban J connectivity index is 0.000000288. The molecule has 0 bridgehead atoms. The number of allylic oxidation sites excluding steroid dienone is 1. The number of amides is 2. The number of anilines is 3. The number of halogens is 2. The van der Waals surface area contributed by atoms with Crippen LogP contribution in [0.3, 0.4) is 0 Å². The van der Waals surface area contributed by atoms with Gasteiger partial charge >= 0.3 is 25.6 Å². The topological polar surface area (TPSA) is 225 Å². The van der Waals surface area contributed by atoms with Crippen molar-refractivity contribution >= 4 is 66.5 Å². The molecule has 1 aliphatic carbocycles. The summed E-state index contributed by atoms with van der Waals surface area (Å²) in [7, 11) is -4.10. The molecule has 2 aliphatic rings. The van der Waals surface area contributed by atoms with Crippen LogP contribution in [0.5, 0.6) is 5.75 Å². The van der Waals surface area contributed by atoms with Crippen molar-refractivity contribution in [3.05, 3.63) is 34.3 Å². The van der Waals surface area contributed by atoms with Crippen LogP contribution in [0.15, 0.2) is 28.6 Å². The summed E-state index contributed by atoms with van der Waals surface area (Å²) < 4.78 is 35.1. The number of imide groups is 1. The van der Waals surface area contributed by atoms with Crippen LogP contribution in [-0.4, -0.2) is 85.1 Å². The smallest absolute Gasteiger partial charge is 0.427 e. The number of aromatic nitrogens is 3. The molecular weight excluding hydrogens is 720 g/mol. The number of aliphatic carboxylic acids is 1. The molecule has 0 radical (unpaired) electrons. The van der Waals surface area contributed by atoms with Gasteiger partial charge in [-0.05, 0) is 85.1 Å². The Morgan fingerprint density at radius 2 is 1.78 bits per heavy atom. The van der Waals surface area contributed by atoms with Crippen LogP contribution in [0.25, 0.3) is 0 Å². The number of carbonyl (C=O) groups excluding carboxylic acids is 2. The second-order valence-electron chi connectivity index (χ2n) is 12.1. The first-order valence-electron chi connectivity index (χ1n) is 15.4. The van der Waals surface area contributed by atoms with Crippen LogP contribution in [-0.2, 0) is 18.9 Å². The molecule has 16 nitrogen and oxygen atoms in total. The zero-order chi connectivity index (χ0) is 37.8. The number of hydrogen-bond donors (Lipinski definition) is 6. The van der Waals surface area contributed by atoms with Crippen molar-refractivity contribution in [3.8, 4) is 5.75 Å². The van der Waals surface area contributed by atoms with Gasteiger partial charge in [-0.3, -0.25) is 19.5 Å². The largest absolute Gasteiger partial charge is 0.489 e. The van der Waals surface area contributed by atoms with E-state index in [-0.39, 0.29) is 33.9 Å². The number of benzene rings is 1. The van der Waals surface area contributed by atoms with Gasteiger partial charge in [0.25, 0.3) is 0 Å². The maximum atomic E-state index is 14.3. The standard InChI is InChI=1S/C17H17ClFNO4.C10H19N5S.C3H8NO5P/c1-9(2)15-16(21)20(17(22)24-15)13-8-14(11(18)7-12(13)19)23-10-5-3-4-6-10;1-6-11-7-12-8(15-10(2,3)4)14-9(13-7)16-5;5-3(6)1-4-2-10(7,8)9/h7-8,10H,3-6H2,1-2H3;6H2,1-5H3,(H2,11,12,13,14,15);4H,1-2H2,(H,5,6)(H2,7,8,9). The highest BCUT2D eigenvalue weighted by Gasteiger charge is 2.40. The van der Waals surface area contributed by atoms with Gasteiger partial charge < -0.3 is 35.0 Å². The lowest BCUT2D eigenvalue weighted by Gasteiger charge is -2.20. The first kappa shape index (κ1) is 42.6. The predicted molar refractivity (Wildman–Crippen MR) is 188 cm³/mol. The number of nitrogens with one attached hydrogen (secondary N) is 3. The van der Waals surface area contributed by atoms with Gasteiger partial charge in [0.15, 0.2) is 10.9 Å². The molecule has 50 heavy (non-hydrogen) atoms. The van der Waals surface area contributed by atoms with Crippen LogP contribution >= 0.6 is 31.0 Å². The highest BCUT2D eigenvalue weighted by atomic mass is 35.5. The third-order valence-corrected chi connectivity index (χ3v) is 7.75. The van der Waals surface area contributed by atoms with Crippen molar-refractivity contribution in [1.82, 2.24) is 20.3 Å². The molecule has 1 saturated heterocycles. The Bertz CT molecular complexity index is 1600. The fraction of sp³-hybridized carbons (Fsp3) is 0.533. The summed E-state index contributed by atoms with van der Waals surface area (Å²) in [6, 6.07) is 2.32. The third-order valence-electron chi connectivity index (χ3n) is 6.27. The number of carboxylic acids is 1. The zero-order valence-electron chi connectivity index (χ0n) is 28.9. The van der Waals surface area contributed by atoms with E-state index in [1.54, 1.807) is 13.8 Å². The first-order chi connectivity index (χ1) is 23.2. The van der Waals surface area contributed by atoms with Gasteiger partial charge in [-0.1, -0.05) is 23.4 Å². The molecule has 20 heteroatoms. The Hall–Kier alpha value is -3.54. The monoisotopic (exact) mass is 763 g/mol. The molecule has 1 aliphatic heterocycles. The fourth-order valence-electron chi connectivity index (χ4n) is 4.24. The van der Waals surface area contributed by atoms with Crippen LogP contribution in [0, 0.1) is 5.82 Å². The summed E-state index contributed by atoms with van der Waals surface area (Å²) in [5.74, 6) is -1.24. The zero-order valence-corrected chi connectivity index (χ0v) is 31.3. The molecule has 278 valence electrons. The lowest BCUT2D eigenvalue weighted by Crippen LogP contribution is -2.29. The molecule has 0 spiro atoms. The summed E-state index contributed by atoms with van der Waals surface area (Å²) in [4.78, 5) is 64.0. The SMILES string of the molecule is CC(C)=C1OC(=O)N(c2cc(OC3CCCC3)c(Cl)cc2F)C1=O.CCNc1nc(NC(C)(C)C)nc(SC)n1.O=C(O)CNCP(=O)(O)O. The highest BCUT2D eigenvalue weighted by Crippen LogP contribution is 2.37. The van der Waals surface area contributed by atoms with Gasteiger partial charge in [-0.2, -0.15) is 15.0 Å². The molecule has 2 aromatic rings. The number of cyclic esters (lactones) is 1. The van der Waals surface area contributed by atoms with Crippen LogP contribution < -0.4 is 25.6 Å². The lowest BCUT2D eigenvalue weighted by molar-refractivity contribution is -0.135. The Kier molecular flexibility index (Phi) is 16.3. The number of hydrogen-bond acceptors (Lipinski definition) is 13. The van der Waals surface area contributed by atoms with Crippen molar-refractivity contribution < 1.29 is 47.7 Å². The van der Waals surface area contributed by atoms with Gasteiger partial charge in [0.1, 0.15) is 11.6 Å². The third kappa shape index (κ3) is 14.4. The number of rotatable bonds is 11. The number of nitrogens with zero attached hydrogens (tertiary/aromatic N) is 4. The Labute approximate surface area is 299 Å². The number of carboxylic acid groups (broad SMARTS) is 1. The molecule has 1 aromatic carbocycles. The van der Waals surface area contributed by atoms with Gasteiger partial charge in [-0.15, -0.1) is 0 Å². The molecule has 2 amide bonds. The van der Waals surface area contributed by atoms with Gasteiger partial charge in [-0.25, -0.2) is 14.1 Å². The van der Waals surface area contributed by atoms with Gasteiger partial charge in [0.2, 0.25) is 11.9 Å². The fourth-order valence-corrected chi connectivity index (χ4v) is 5.19. The molecule has 0 atom stereocenters. The molecule has 6 N–H and O–H groups in total. The normalized spacial score (nSPS) is 14.7.